The van der Waals surface area contributed by atoms with Crippen molar-refractivity contribution in [1.82, 2.24) is 0 Å². The van der Waals surface area contributed by atoms with Crippen LogP contribution < -0.4 is 17.0 Å². The molecule has 0 aromatic carbocycles. The number of nitrogens with zero attached hydrogens (tertiary/aromatic N) is 1. The van der Waals surface area contributed by atoms with Crippen LogP contribution in [-0.4, -0.2) is 51.1 Å². The zero-order valence-corrected chi connectivity index (χ0v) is 22.4. The summed E-state index contributed by atoms with van der Waals surface area (Å²) < 4.78 is 24.1. The number of hydrogen-bond donors (Lipinski definition) is 0. The van der Waals surface area contributed by atoms with E-state index in [9.17, 15) is 8.42 Å². The van der Waals surface area contributed by atoms with Gasteiger partial charge in [-0.15, -0.1) is 0 Å². The quantitative estimate of drug-likeness (QED) is 0.145. The number of quaternary nitrogens is 1. The molecule has 0 aliphatic rings. The predicted octanol–water partition coefficient (Wildman–Crippen LogP) is 3.63. The van der Waals surface area contributed by atoms with E-state index in [4.69, 9.17) is 0 Å². The first-order chi connectivity index (χ1) is 12.9. The van der Waals surface area contributed by atoms with Crippen LogP contribution in [0, 0.1) is 0 Å². The van der Waals surface area contributed by atoms with Gasteiger partial charge in [0.15, 0.2) is 8.87 Å². The number of hydrogen-bond acceptors (Lipinski definition) is 3. The third-order valence-electron chi connectivity index (χ3n) is 5.53. The van der Waals surface area contributed by atoms with Gasteiger partial charge in [-0.2, -0.15) is 0 Å². The van der Waals surface area contributed by atoms with Crippen molar-refractivity contribution in [3.63, 3.8) is 0 Å². The highest BCUT2D eigenvalue weighted by Gasteiger charge is 2.26. The van der Waals surface area contributed by atoms with E-state index in [-0.39, 0.29) is 17.0 Å². The Morgan fingerprint density at radius 3 is 1.29 bits per heavy atom. The fraction of sp³-hybridized carbons (Fsp3) is 1.00. The summed E-state index contributed by atoms with van der Waals surface area (Å²) in [5.74, 6) is 0.748. The average Bonchev–Trinajstić information content (AvgIpc) is 2.62. The van der Waals surface area contributed by atoms with Gasteiger partial charge in [0.1, 0.15) is 0 Å². The van der Waals surface area contributed by atoms with Crippen LogP contribution in [0.2, 0.25) is 0 Å². The summed E-state index contributed by atoms with van der Waals surface area (Å²) in [5, 5.41) is 0. The molecule has 0 fully saturated rings. The second-order valence-corrected chi connectivity index (χ2v) is 12.9. The largest absolute Gasteiger partial charge is 1.00 e. The second-order valence-electron chi connectivity index (χ2n) is 8.30. The summed E-state index contributed by atoms with van der Waals surface area (Å²) >= 11 is 0. The summed E-state index contributed by atoms with van der Waals surface area (Å²) in [6, 6.07) is 0. The van der Waals surface area contributed by atoms with Crippen LogP contribution >= 0.6 is 10.8 Å². The number of halogens is 1. The van der Waals surface area contributed by atoms with E-state index in [2.05, 4.69) is 20.8 Å². The molecule has 0 aliphatic heterocycles. The lowest BCUT2D eigenvalue weighted by Gasteiger charge is -2.39. The van der Waals surface area contributed by atoms with Gasteiger partial charge in [0.2, 0.25) is 0 Å². The fourth-order valence-electron chi connectivity index (χ4n) is 3.90. The zero-order valence-electron chi connectivity index (χ0n) is 19.2. The van der Waals surface area contributed by atoms with Gasteiger partial charge in [0.05, 0.1) is 26.2 Å². The Bertz CT molecular complexity index is 399. The van der Waals surface area contributed by atoms with Gasteiger partial charge < -0.3 is 21.5 Å². The minimum atomic E-state index is -2.91. The Labute approximate surface area is 191 Å². The Hall–Kier alpha value is 0.740. The number of rotatable bonds is 20. The lowest BCUT2D eigenvalue weighted by atomic mass is 10.1. The van der Waals surface area contributed by atoms with Crippen molar-refractivity contribution in [3.05, 3.63) is 0 Å². The summed E-state index contributed by atoms with van der Waals surface area (Å²) in [4.78, 5) is 0. The first kappa shape index (κ1) is 30.9. The molecule has 0 spiro atoms. The molecule has 6 heteroatoms. The van der Waals surface area contributed by atoms with Gasteiger partial charge in [-0.3, -0.25) is 0 Å². The van der Waals surface area contributed by atoms with E-state index in [0.717, 1.165) is 29.5 Å². The lowest BCUT2D eigenvalue weighted by Crippen LogP contribution is -3.00. The first-order valence-electron chi connectivity index (χ1n) is 11.6. The summed E-state index contributed by atoms with van der Waals surface area (Å²) in [7, 11) is -1.77. The molecule has 28 heavy (non-hydrogen) atoms. The maximum atomic E-state index is 11.4. The molecule has 0 saturated heterocycles. The fourth-order valence-corrected chi connectivity index (χ4v) is 5.71. The molecule has 0 saturated carbocycles. The van der Waals surface area contributed by atoms with E-state index in [0.29, 0.717) is 0 Å². The van der Waals surface area contributed by atoms with Gasteiger partial charge in [-0.05, 0) is 49.3 Å². The van der Waals surface area contributed by atoms with E-state index >= 15 is 0 Å². The molecule has 0 aromatic heterocycles. The van der Waals surface area contributed by atoms with Gasteiger partial charge in [0, 0.05) is 18.4 Å². The third kappa shape index (κ3) is 18.7. The van der Waals surface area contributed by atoms with Gasteiger partial charge in [0.25, 0.3) is 0 Å². The molecule has 0 heterocycles. The van der Waals surface area contributed by atoms with Crippen molar-refractivity contribution in [1.29, 1.82) is 0 Å². The molecule has 0 bridgehead atoms. The van der Waals surface area contributed by atoms with Crippen molar-refractivity contribution >= 4 is 19.7 Å². The SMILES string of the molecule is CCCCCC[N+](CCCCCC)(CCCCCC)CCCSS(C)(=O)=O.[Br-]. The monoisotopic (exact) mass is 501 g/mol. The lowest BCUT2D eigenvalue weighted by molar-refractivity contribution is -0.928. The zero-order chi connectivity index (χ0) is 20.4. The van der Waals surface area contributed by atoms with Crippen molar-refractivity contribution in [2.45, 2.75) is 104 Å². The van der Waals surface area contributed by atoms with Crippen molar-refractivity contribution in [2.24, 2.45) is 0 Å². The minimum Gasteiger partial charge on any atom is -1.00 e. The summed E-state index contributed by atoms with van der Waals surface area (Å²) in [6.45, 7) is 11.9. The first-order valence-corrected chi connectivity index (χ1v) is 15.0. The van der Waals surface area contributed by atoms with E-state index in [1.807, 2.05) is 0 Å². The highest BCUT2D eigenvalue weighted by Crippen LogP contribution is 2.20. The Morgan fingerprint density at radius 2 is 0.964 bits per heavy atom. The smallest absolute Gasteiger partial charge is 0.198 e. The maximum Gasteiger partial charge on any atom is 0.198 e. The number of unbranched alkanes of at least 4 members (excludes halogenated alkanes) is 9. The van der Waals surface area contributed by atoms with Gasteiger partial charge >= 0.3 is 0 Å². The van der Waals surface area contributed by atoms with Crippen LogP contribution in [0.3, 0.4) is 0 Å². The van der Waals surface area contributed by atoms with Gasteiger partial charge in [-0.25, -0.2) is 8.42 Å². The van der Waals surface area contributed by atoms with Crippen LogP contribution in [0.15, 0.2) is 0 Å². The molecular weight excluding hydrogens is 454 g/mol. The van der Waals surface area contributed by atoms with Crippen molar-refractivity contribution in [3.8, 4) is 0 Å². The Balaban J connectivity index is 0. The van der Waals surface area contributed by atoms with Crippen LogP contribution in [0.4, 0.5) is 0 Å². The second kappa shape index (κ2) is 19.7. The Kier molecular flexibility index (Phi) is 21.7. The van der Waals surface area contributed by atoms with E-state index in [1.165, 1.54) is 107 Å². The molecule has 0 unspecified atom stereocenters. The topological polar surface area (TPSA) is 34.1 Å². The molecule has 0 aromatic rings. The molecule has 0 rings (SSSR count). The van der Waals surface area contributed by atoms with Crippen molar-refractivity contribution in [2.75, 3.05) is 38.2 Å². The summed E-state index contributed by atoms with van der Waals surface area (Å²) in [5.41, 5.74) is 0. The standard InChI is InChI=1S/C22H48NO2S2.BrH/c1-5-8-11-14-18-23(19-15-12-9-6-2,20-16-13-10-7-3)21-17-22-26-27(4,24)25;/h5-22H2,1-4H3;1H/q+1;/p-1. The molecule has 0 atom stereocenters. The molecule has 0 aliphatic carbocycles. The maximum absolute atomic E-state index is 11.4. The average molecular weight is 503 g/mol. The van der Waals surface area contributed by atoms with Crippen molar-refractivity contribution < 1.29 is 29.9 Å². The molecule has 3 nitrogen and oxygen atoms in total. The highest BCUT2D eigenvalue weighted by atomic mass is 79.9. The van der Waals surface area contributed by atoms with Gasteiger partial charge in [-0.1, -0.05) is 59.3 Å². The molecule has 0 amide bonds. The van der Waals surface area contributed by atoms with Crippen LogP contribution in [-0.2, 0) is 8.87 Å². The molecule has 0 N–H and O–H groups in total. The summed E-state index contributed by atoms with van der Waals surface area (Å²) in [6.07, 6.45) is 18.3. The Morgan fingerprint density at radius 1 is 0.607 bits per heavy atom. The van der Waals surface area contributed by atoms with Crippen LogP contribution in [0.1, 0.15) is 104 Å². The minimum absolute atomic E-state index is 0. The molecular formula is C22H48BrNO2S2. The van der Waals surface area contributed by atoms with Crippen LogP contribution in [0.25, 0.3) is 0 Å². The van der Waals surface area contributed by atoms with E-state index < -0.39 is 8.87 Å². The normalized spacial score (nSPS) is 12.1. The predicted molar refractivity (Wildman–Crippen MR) is 124 cm³/mol. The van der Waals surface area contributed by atoms with E-state index in [1.54, 1.807) is 0 Å². The van der Waals surface area contributed by atoms with Crippen LogP contribution in [0.5, 0.6) is 0 Å². The highest BCUT2D eigenvalue weighted by molar-refractivity contribution is 8.71. The third-order valence-corrected chi connectivity index (χ3v) is 8.20. The molecule has 172 valence electrons. The molecule has 0 radical (unpaired) electrons.